The maximum absolute atomic E-state index is 13.1. The number of anilines is 1. The van der Waals surface area contributed by atoms with Gasteiger partial charge in [0.25, 0.3) is 5.79 Å². The fraction of sp³-hybridized carbons (Fsp3) is 0.594. The van der Waals surface area contributed by atoms with Gasteiger partial charge in [-0.1, -0.05) is 31.2 Å². The number of rotatable bonds is 18. The van der Waals surface area contributed by atoms with Crippen LogP contribution in [0, 0.1) is 5.92 Å². The molecule has 21 heteroatoms. The highest BCUT2D eigenvalue weighted by Gasteiger charge is 2.58. The number of nitrogens with two attached hydrogens (primary N) is 1. The minimum absolute atomic E-state index is 0.0175. The van der Waals surface area contributed by atoms with Gasteiger partial charge in [-0.3, -0.25) is 18.7 Å². The fourth-order valence-corrected chi connectivity index (χ4v) is 7.11. The molecule has 2 aliphatic heterocycles. The van der Waals surface area contributed by atoms with Crippen molar-refractivity contribution in [2.75, 3.05) is 18.9 Å². The number of ether oxygens (including phenoxy) is 2. The average Bonchev–Trinajstić information content (AvgIpc) is 3.39. The van der Waals surface area contributed by atoms with Gasteiger partial charge in [0.2, 0.25) is 0 Å². The van der Waals surface area contributed by atoms with Gasteiger partial charge >= 0.3 is 19.5 Å². The van der Waals surface area contributed by atoms with E-state index in [9.17, 15) is 64.4 Å². The summed E-state index contributed by atoms with van der Waals surface area (Å²) in [6.45, 7) is -0.334. The summed E-state index contributed by atoms with van der Waals surface area (Å²) in [5.74, 6) is -7.30. The molecule has 2 fully saturated rings. The summed E-state index contributed by atoms with van der Waals surface area (Å²) in [5, 5.41) is 72.6. The first kappa shape index (κ1) is 42.2. The highest BCUT2D eigenvalue weighted by atomic mass is 31.2. The Labute approximate surface area is 301 Å². The predicted octanol–water partition coefficient (Wildman–Crippen LogP) is -1.59. The third-order valence-electron chi connectivity index (χ3n) is 9.07. The Morgan fingerprint density at radius 2 is 1.81 bits per heavy atom. The summed E-state index contributed by atoms with van der Waals surface area (Å²) in [5.41, 5.74) is 5.91. The number of phosphoric acid groups is 1. The first-order valence-corrected chi connectivity index (χ1v) is 18.2. The van der Waals surface area contributed by atoms with Crippen molar-refractivity contribution in [1.82, 2.24) is 9.55 Å². The molecule has 3 heterocycles. The number of aliphatic hydroxyl groups is 6. The SMILES string of the molecule is CCC(=O)c1ccc(CCCC(=O)C[C@@H]2C(O)C[C@@](OP(=O)(O)OC[C@H]3O[C@@H](n4ccc(N)nc4=O)[C@@H](O)C3O)(C(=O)O)OC2[C@H](O)[C@H](O)CO)cc1. The highest BCUT2D eigenvalue weighted by Crippen LogP contribution is 2.52. The molecule has 294 valence electrons. The number of aryl methyl sites for hydroxylation is 1. The van der Waals surface area contributed by atoms with Crippen molar-refractivity contribution in [3.8, 4) is 0 Å². The lowest BCUT2D eigenvalue weighted by atomic mass is 9.80. The minimum atomic E-state index is -5.57. The summed E-state index contributed by atoms with van der Waals surface area (Å²) in [7, 11) is -5.57. The summed E-state index contributed by atoms with van der Waals surface area (Å²) in [6.07, 6.45) is -14.0. The molecule has 4 unspecified atom stereocenters. The van der Waals surface area contributed by atoms with Crippen LogP contribution in [0.1, 0.15) is 61.2 Å². The molecular weight excluding hydrogens is 729 g/mol. The largest absolute Gasteiger partial charge is 0.477 e. The molecule has 53 heavy (non-hydrogen) atoms. The van der Waals surface area contributed by atoms with Gasteiger partial charge in [0.05, 0.1) is 25.4 Å². The molecule has 2 aliphatic rings. The van der Waals surface area contributed by atoms with Crippen LogP contribution in [0.3, 0.4) is 0 Å². The smallest absolute Gasteiger partial charge is 0.475 e. The Hall–Kier alpha value is -3.50. The third-order valence-corrected chi connectivity index (χ3v) is 10.1. The Kier molecular flexibility index (Phi) is 14.2. The van der Waals surface area contributed by atoms with Crippen molar-refractivity contribution < 1.29 is 78.1 Å². The number of aliphatic hydroxyl groups excluding tert-OH is 6. The summed E-state index contributed by atoms with van der Waals surface area (Å²) >= 11 is 0. The van der Waals surface area contributed by atoms with Crippen molar-refractivity contribution in [1.29, 1.82) is 0 Å². The molecule has 2 saturated heterocycles. The first-order chi connectivity index (χ1) is 24.9. The molecule has 20 nitrogen and oxygen atoms in total. The number of benzene rings is 1. The summed E-state index contributed by atoms with van der Waals surface area (Å²) in [4.78, 5) is 63.7. The maximum atomic E-state index is 13.1. The lowest BCUT2D eigenvalue weighted by molar-refractivity contribution is -0.298. The molecule has 1 aromatic heterocycles. The van der Waals surface area contributed by atoms with Crippen LogP contribution in [0.2, 0.25) is 0 Å². The number of phosphoric ester groups is 1. The number of nitrogen functional groups attached to an aromatic ring is 1. The van der Waals surface area contributed by atoms with Crippen LogP contribution in [0.5, 0.6) is 0 Å². The van der Waals surface area contributed by atoms with E-state index < -0.39 is 112 Å². The predicted molar refractivity (Wildman–Crippen MR) is 178 cm³/mol. The molecule has 10 N–H and O–H groups in total. The molecule has 11 atom stereocenters. The lowest BCUT2D eigenvalue weighted by Gasteiger charge is -2.46. The van der Waals surface area contributed by atoms with Crippen LogP contribution < -0.4 is 11.4 Å². The number of aromatic nitrogens is 2. The number of nitrogens with zero attached hydrogens (tertiary/aromatic N) is 2. The van der Waals surface area contributed by atoms with E-state index >= 15 is 0 Å². The molecular formula is C32H44N3O17P. The van der Waals surface area contributed by atoms with Gasteiger partial charge in [-0.05, 0) is 24.5 Å². The zero-order valence-electron chi connectivity index (χ0n) is 28.5. The second-order valence-corrected chi connectivity index (χ2v) is 14.2. The Balaban J connectivity index is 1.43. The van der Waals surface area contributed by atoms with Crippen molar-refractivity contribution in [3.63, 3.8) is 0 Å². The number of hydrogen-bond acceptors (Lipinski definition) is 17. The topological polar surface area (TPSA) is 328 Å². The fourth-order valence-electron chi connectivity index (χ4n) is 6.15. The van der Waals surface area contributed by atoms with Crippen LogP contribution in [-0.4, -0.2) is 129 Å². The number of carbonyl (C=O) groups excluding carboxylic acids is 2. The molecule has 0 saturated carbocycles. The highest BCUT2D eigenvalue weighted by molar-refractivity contribution is 7.47. The standard InChI is InChI=1S/C32H44N3O17P/c1-2-20(38)17-8-6-16(7-9-17)4-3-5-18(37)12-19-21(39)13-32(30(44)45,51-28(19)25(41)22(40)14-36)52-53(47,48)49-15-23-26(42)27(43)29(50-23)35-11-10-24(33)34-31(35)46/h6-11,19,21-23,25-29,36,39-43H,2-5,12-15H2,1H3,(H,44,45)(H,47,48)(H2,33,34,46)/t19-,21?,22-,23-,25-,26?,27+,28?,29-,32-/m1/s1. The molecule has 0 bridgehead atoms. The first-order valence-electron chi connectivity index (χ1n) is 16.7. The van der Waals surface area contributed by atoms with Gasteiger partial charge in [-0.25, -0.2) is 18.7 Å². The molecule has 4 rings (SSSR count). The van der Waals surface area contributed by atoms with Gasteiger partial charge in [-0.2, -0.15) is 4.98 Å². The summed E-state index contributed by atoms with van der Waals surface area (Å²) < 4.78 is 34.6. The Bertz CT molecular complexity index is 1710. The quantitative estimate of drug-likeness (QED) is 0.0609. The second kappa shape index (κ2) is 17.8. The molecule has 0 radical (unpaired) electrons. The van der Waals surface area contributed by atoms with E-state index in [-0.39, 0.29) is 18.0 Å². The molecule has 0 aliphatic carbocycles. The number of carboxylic acid groups (broad SMARTS) is 1. The van der Waals surface area contributed by atoms with E-state index in [4.69, 9.17) is 24.3 Å². The van der Waals surface area contributed by atoms with E-state index in [2.05, 4.69) is 4.98 Å². The molecule has 1 aromatic carbocycles. The van der Waals surface area contributed by atoms with E-state index in [0.717, 1.165) is 16.3 Å². The van der Waals surface area contributed by atoms with Crippen LogP contribution in [0.4, 0.5) is 5.82 Å². The maximum Gasteiger partial charge on any atom is 0.475 e. The Morgan fingerprint density at radius 1 is 1.13 bits per heavy atom. The van der Waals surface area contributed by atoms with Crippen LogP contribution >= 0.6 is 7.82 Å². The van der Waals surface area contributed by atoms with Crippen molar-refractivity contribution in [2.45, 2.75) is 100 Å². The lowest BCUT2D eigenvalue weighted by Crippen LogP contribution is -2.61. The van der Waals surface area contributed by atoms with Crippen molar-refractivity contribution >= 4 is 31.2 Å². The number of Topliss-reactive ketones (excluding diaryl/α,β-unsaturated/α-hetero) is 2. The van der Waals surface area contributed by atoms with Crippen LogP contribution in [0.15, 0.2) is 41.3 Å². The van der Waals surface area contributed by atoms with Gasteiger partial charge in [0, 0.05) is 43.4 Å². The van der Waals surface area contributed by atoms with Crippen LogP contribution in [0.25, 0.3) is 0 Å². The van der Waals surface area contributed by atoms with Gasteiger partial charge in [-0.15, -0.1) is 0 Å². The average molecular weight is 774 g/mol. The third kappa shape index (κ3) is 10.2. The van der Waals surface area contributed by atoms with Crippen LogP contribution in [-0.2, 0) is 39.1 Å². The van der Waals surface area contributed by atoms with Gasteiger partial charge in [0.15, 0.2) is 12.0 Å². The van der Waals surface area contributed by atoms with Crippen molar-refractivity contribution in [3.05, 3.63) is 58.1 Å². The number of carbonyl (C=O) groups is 3. The Morgan fingerprint density at radius 3 is 2.42 bits per heavy atom. The number of carboxylic acids is 1. The van der Waals surface area contributed by atoms with Gasteiger partial charge < -0.3 is 55.8 Å². The zero-order valence-corrected chi connectivity index (χ0v) is 29.4. The van der Waals surface area contributed by atoms with E-state index in [1.807, 2.05) is 0 Å². The number of aliphatic carboxylic acids is 1. The van der Waals surface area contributed by atoms with E-state index in [1.165, 1.54) is 6.07 Å². The van der Waals surface area contributed by atoms with E-state index in [0.29, 0.717) is 24.8 Å². The number of hydrogen-bond donors (Lipinski definition) is 9. The van der Waals surface area contributed by atoms with Gasteiger partial charge in [0.1, 0.15) is 42.1 Å². The number of ketones is 2. The molecule has 0 amide bonds. The molecule has 0 spiro atoms. The van der Waals surface area contributed by atoms with Crippen molar-refractivity contribution in [2.24, 2.45) is 5.92 Å². The second-order valence-electron chi connectivity index (χ2n) is 12.8. The minimum Gasteiger partial charge on any atom is -0.477 e. The normalized spacial score (nSPS) is 29.6. The molecule has 2 aromatic rings. The monoisotopic (exact) mass is 773 g/mol. The van der Waals surface area contributed by atoms with E-state index in [1.54, 1.807) is 31.2 Å². The zero-order chi connectivity index (χ0) is 39.2. The summed E-state index contributed by atoms with van der Waals surface area (Å²) in [6, 6.07) is 8.08.